The molecule has 0 aliphatic rings. The summed E-state index contributed by atoms with van der Waals surface area (Å²) in [7, 11) is 1.73. The second kappa shape index (κ2) is 4.46. The maximum Gasteiger partial charge on any atom is 0.251 e. The molecule has 0 atom stereocenters. The van der Waals surface area contributed by atoms with Crippen LogP contribution in [0.1, 0.15) is 5.56 Å². The Morgan fingerprint density at radius 3 is 2.60 bits per heavy atom. The van der Waals surface area contributed by atoms with Crippen molar-refractivity contribution in [2.45, 2.75) is 6.92 Å². The summed E-state index contributed by atoms with van der Waals surface area (Å²) in [4.78, 5) is 11.5. The molecule has 3 nitrogen and oxygen atoms in total. The predicted molar refractivity (Wildman–Crippen MR) is 57.9 cm³/mol. The summed E-state index contributed by atoms with van der Waals surface area (Å²) < 4.78 is 1.57. The molecule has 0 saturated heterocycles. The van der Waals surface area contributed by atoms with Gasteiger partial charge in [-0.2, -0.15) is 0 Å². The SMILES string of the molecule is Cc1cc(=O)n(C)c2cc([NH-])ccc12.[Y]. The topological polar surface area (TPSA) is 45.8 Å². The van der Waals surface area contributed by atoms with Gasteiger partial charge in [-0.05, 0) is 12.5 Å². The van der Waals surface area contributed by atoms with E-state index in [1.54, 1.807) is 29.8 Å². The summed E-state index contributed by atoms with van der Waals surface area (Å²) in [6.45, 7) is 1.91. The minimum atomic E-state index is -0.0272. The number of pyridine rings is 1. The molecule has 1 heterocycles. The molecule has 0 spiro atoms. The van der Waals surface area contributed by atoms with Crippen LogP contribution in [-0.2, 0) is 39.8 Å². The third kappa shape index (κ3) is 2.13. The van der Waals surface area contributed by atoms with Gasteiger partial charge in [-0.25, -0.2) is 0 Å². The molecule has 0 amide bonds. The number of fused-ring (bicyclic) bond motifs is 1. The second-order valence-electron chi connectivity index (χ2n) is 3.46. The predicted octanol–water partition coefficient (Wildman–Crippen LogP) is 2.53. The van der Waals surface area contributed by atoms with E-state index in [-0.39, 0.29) is 38.3 Å². The first kappa shape index (κ1) is 12.4. The summed E-state index contributed by atoms with van der Waals surface area (Å²) in [5.41, 5.74) is 9.68. The van der Waals surface area contributed by atoms with Crippen molar-refractivity contribution >= 4 is 16.6 Å². The average molecular weight is 276 g/mol. The molecule has 0 aliphatic carbocycles. The Balaban J connectivity index is 0.00000112. The Morgan fingerprint density at radius 2 is 1.93 bits per heavy atom. The van der Waals surface area contributed by atoms with Crippen LogP contribution in [0.5, 0.6) is 0 Å². The molecule has 2 aromatic rings. The third-order valence-electron chi connectivity index (χ3n) is 2.45. The largest absolute Gasteiger partial charge is 0.699 e. The molecule has 0 bridgehead atoms. The standard InChI is InChI=1S/C11H12N2O.Y/c1-7-5-11(14)13(2)10-6-8(12)3-4-9(7)10;/h3-6H,1-2H3,(H2,12,14);/p-1. The fourth-order valence-corrected chi connectivity index (χ4v) is 1.62. The zero-order valence-corrected chi connectivity index (χ0v) is 11.6. The number of hydrogen-bond donors (Lipinski definition) is 0. The van der Waals surface area contributed by atoms with Gasteiger partial charge in [0.05, 0.1) is 0 Å². The second-order valence-corrected chi connectivity index (χ2v) is 3.46. The molecule has 1 N–H and O–H groups in total. The van der Waals surface area contributed by atoms with E-state index in [4.69, 9.17) is 5.73 Å². The maximum absolute atomic E-state index is 11.5. The molecule has 0 aliphatic heterocycles. The van der Waals surface area contributed by atoms with Gasteiger partial charge in [-0.1, -0.05) is 18.2 Å². The monoisotopic (exact) mass is 276 g/mol. The van der Waals surface area contributed by atoms with Crippen molar-refractivity contribution in [3.8, 4) is 0 Å². The molecule has 0 unspecified atom stereocenters. The number of nitrogens with one attached hydrogen (secondary N) is 1. The van der Waals surface area contributed by atoms with Gasteiger partial charge >= 0.3 is 0 Å². The van der Waals surface area contributed by atoms with Gasteiger partial charge in [-0.3, -0.25) is 4.79 Å². The van der Waals surface area contributed by atoms with Gasteiger partial charge < -0.3 is 10.3 Å². The Bertz CT molecular complexity index is 560. The summed E-state index contributed by atoms with van der Waals surface area (Å²) in [6, 6.07) is 6.95. The normalized spacial score (nSPS) is 10.0. The molecule has 75 valence electrons. The van der Waals surface area contributed by atoms with Gasteiger partial charge in [0.25, 0.3) is 5.56 Å². The first-order valence-corrected chi connectivity index (χ1v) is 4.41. The van der Waals surface area contributed by atoms with Crippen LogP contribution < -0.4 is 5.56 Å². The van der Waals surface area contributed by atoms with Crippen molar-refractivity contribution in [2.75, 3.05) is 0 Å². The van der Waals surface area contributed by atoms with Gasteiger partial charge in [-0.15, -0.1) is 5.69 Å². The summed E-state index contributed by atoms with van der Waals surface area (Å²) in [5.74, 6) is 0. The molecule has 2 rings (SSSR count). The Morgan fingerprint density at radius 1 is 1.27 bits per heavy atom. The first-order chi connectivity index (χ1) is 6.59. The van der Waals surface area contributed by atoms with Crippen LogP contribution in [0.4, 0.5) is 5.69 Å². The number of aromatic nitrogens is 1. The smallest absolute Gasteiger partial charge is 0.251 e. The zero-order valence-electron chi connectivity index (χ0n) is 8.74. The van der Waals surface area contributed by atoms with Crippen molar-refractivity contribution in [1.82, 2.24) is 4.57 Å². The van der Waals surface area contributed by atoms with E-state index in [0.717, 1.165) is 16.5 Å². The quantitative estimate of drug-likeness (QED) is 0.729. The van der Waals surface area contributed by atoms with Crippen molar-refractivity contribution in [3.63, 3.8) is 0 Å². The molecular weight excluding hydrogens is 265 g/mol. The van der Waals surface area contributed by atoms with E-state index < -0.39 is 0 Å². The van der Waals surface area contributed by atoms with Crippen molar-refractivity contribution < 1.29 is 32.7 Å². The Kier molecular flexibility index (Phi) is 3.69. The number of hydrogen-bond acceptors (Lipinski definition) is 1. The fourth-order valence-electron chi connectivity index (χ4n) is 1.62. The number of nitrogens with zero attached hydrogens (tertiary/aromatic N) is 1. The van der Waals surface area contributed by atoms with Crippen LogP contribution >= 0.6 is 0 Å². The molecule has 0 saturated carbocycles. The fraction of sp³-hybridized carbons (Fsp3) is 0.182. The van der Waals surface area contributed by atoms with Gasteiger partial charge in [0.1, 0.15) is 0 Å². The van der Waals surface area contributed by atoms with Gasteiger partial charge in [0.2, 0.25) is 0 Å². The minimum Gasteiger partial charge on any atom is -0.699 e. The zero-order chi connectivity index (χ0) is 10.3. The molecule has 4 heteroatoms. The Labute approximate surface area is 113 Å². The van der Waals surface area contributed by atoms with Crippen LogP contribution in [0.3, 0.4) is 0 Å². The summed E-state index contributed by atoms with van der Waals surface area (Å²) >= 11 is 0. The summed E-state index contributed by atoms with van der Waals surface area (Å²) in [5, 5.41) is 1.03. The van der Waals surface area contributed by atoms with Crippen LogP contribution in [-0.4, -0.2) is 4.57 Å². The first-order valence-electron chi connectivity index (χ1n) is 4.41. The van der Waals surface area contributed by atoms with E-state index in [9.17, 15) is 4.79 Å². The van der Waals surface area contributed by atoms with E-state index in [2.05, 4.69) is 0 Å². The molecule has 15 heavy (non-hydrogen) atoms. The van der Waals surface area contributed by atoms with E-state index in [0.29, 0.717) is 5.69 Å². The molecular formula is C11H11N2OY-. The van der Waals surface area contributed by atoms with Crippen LogP contribution in [0.2, 0.25) is 0 Å². The van der Waals surface area contributed by atoms with Gasteiger partial charge in [0.15, 0.2) is 0 Å². The number of aryl methyl sites for hydroxylation is 2. The van der Waals surface area contributed by atoms with Crippen molar-refractivity contribution in [2.24, 2.45) is 7.05 Å². The van der Waals surface area contributed by atoms with E-state index in [1.165, 1.54) is 0 Å². The van der Waals surface area contributed by atoms with Crippen molar-refractivity contribution in [3.05, 3.63) is 45.9 Å². The Hall–Kier alpha value is -0.666. The number of benzene rings is 1. The number of rotatable bonds is 0. The molecule has 0 fully saturated rings. The minimum absolute atomic E-state index is 0. The third-order valence-corrected chi connectivity index (χ3v) is 2.45. The van der Waals surface area contributed by atoms with Crippen molar-refractivity contribution in [1.29, 1.82) is 0 Å². The molecule has 1 aromatic carbocycles. The van der Waals surface area contributed by atoms with E-state index in [1.807, 2.05) is 13.0 Å². The van der Waals surface area contributed by atoms with Crippen LogP contribution in [0.15, 0.2) is 29.1 Å². The van der Waals surface area contributed by atoms with Crippen LogP contribution in [0, 0.1) is 6.92 Å². The summed E-state index contributed by atoms with van der Waals surface area (Å²) in [6.07, 6.45) is 0. The van der Waals surface area contributed by atoms with E-state index >= 15 is 0 Å². The maximum atomic E-state index is 11.5. The van der Waals surface area contributed by atoms with Gasteiger partial charge in [0, 0.05) is 56.7 Å². The molecule has 1 radical (unpaired) electrons. The van der Waals surface area contributed by atoms with Crippen LogP contribution in [0.25, 0.3) is 16.6 Å². The molecule has 1 aromatic heterocycles. The average Bonchev–Trinajstić information content (AvgIpc) is 2.14.